The molecular formula is C33H38N4O6. The molecule has 10 nitrogen and oxygen atoms in total. The number of carbonyl (C=O) groups excluding carboxylic acids is 2. The summed E-state index contributed by atoms with van der Waals surface area (Å²) < 4.78 is 23.3. The van der Waals surface area contributed by atoms with Crippen LogP contribution in [0.2, 0.25) is 0 Å². The molecule has 6 rings (SSSR count). The highest BCUT2D eigenvalue weighted by Gasteiger charge is 2.36. The van der Waals surface area contributed by atoms with Crippen LogP contribution in [-0.2, 0) is 0 Å². The number of unbranched alkanes of at least 4 members (excludes halogenated alkanes) is 2. The fourth-order valence-corrected chi connectivity index (χ4v) is 6.19. The molecule has 0 aromatic heterocycles. The molecule has 43 heavy (non-hydrogen) atoms. The largest absolute Gasteiger partial charge is 0.493 e. The zero-order valence-corrected chi connectivity index (χ0v) is 24.8. The number of aliphatic imine (C=N–C) groups is 1. The van der Waals surface area contributed by atoms with Gasteiger partial charge in [0, 0.05) is 38.0 Å². The number of nitrogens with one attached hydrogen (secondary N) is 1. The van der Waals surface area contributed by atoms with Crippen molar-refractivity contribution in [2.45, 2.75) is 44.2 Å². The van der Waals surface area contributed by atoms with E-state index in [0.29, 0.717) is 72.7 Å². The average molecular weight is 587 g/mol. The zero-order valence-electron chi connectivity index (χ0n) is 24.8. The molecule has 1 N–H and O–H groups in total. The van der Waals surface area contributed by atoms with Gasteiger partial charge in [0.15, 0.2) is 23.0 Å². The number of ether oxygens (including phenoxy) is 4. The van der Waals surface area contributed by atoms with Crippen LogP contribution in [0, 0.1) is 0 Å². The number of rotatable bonds is 10. The Kier molecular flexibility index (Phi) is 8.01. The second-order valence-corrected chi connectivity index (χ2v) is 11.5. The van der Waals surface area contributed by atoms with E-state index in [1.54, 1.807) is 37.3 Å². The van der Waals surface area contributed by atoms with Crippen molar-refractivity contribution in [1.29, 1.82) is 0 Å². The van der Waals surface area contributed by atoms with Crippen LogP contribution in [0.1, 0.15) is 52.8 Å². The summed E-state index contributed by atoms with van der Waals surface area (Å²) in [4.78, 5) is 34.7. The Hall–Kier alpha value is -4.47. The number of hydrogen-bond acceptors (Lipinski definition) is 8. The van der Waals surface area contributed by atoms with E-state index in [1.807, 2.05) is 17.2 Å². The Morgan fingerprint density at radius 2 is 1.44 bits per heavy atom. The summed E-state index contributed by atoms with van der Waals surface area (Å²) in [5.74, 6) is 2.14. The fraction of sp³-hybridized carbons (Fsp3) is 0.424. The molecule has 0 radical (unpaired) electrons. The van der Waals surface area contributed by atoms with Gasteiger partial charge in [-0.15, -0.1) is 0 Å². The zero-order chi connectivity index (χ0) is 30.1. The summed E-state index contributed by atoms with van der Waals surface area (Å²) in [5.41, 5.74) is 4.56. The fourth-order valence-electron chi connectivity index (χ4n) is 6.19. The van der Waals surface area contributed by atoms with E-state index in [4.69, 9.17) is 18.9 Å². The molecule has 2 saturated heterocycles. The van der Waals surface area contributed by atoms with Gasteiger partial charge in [0.05, 0.1) is 62.0 Å². The van der Waals surface area contributed by atoms with Gasteiger partial charge in [-0.3, -0.25) is 14.6 Å². The van der Waals surface area contributed by atoms with Gasteiger partial charge in [-0.05, 0) is 44.2 Å². The highest BCUT2D eigenvalue weighted by atomic mass is 16.5. The van der Waals surface area contributed by atoms with E-state index in [2.05, 4.69) is 23.5 Å². The predicted octanol–water partition coefficient (Wildman–Crippen LogP) is 5.01. The minimum Gasteiger partial charge on any atom is -0.493 e. The van der Waals surface area contributed by atoms with E-state index in [-0.39, 0.29) is 23.9 Å². The third-order valence-corrected chi connectivity index (χ3v) is 8.44. The van der Waals surface area contributed by atoms with Crippen molar-refractivity contribution in [1.82, 2.24) is 9.80 Å². The number of anilines is 1. The lowest BCUT2D eigenvalue weighted by molar-refractivity contribution is 0.0750. The van der Waals surface area contributed by atoms with Gasteiger partial charge in [-0.1, -0.05) is 24.3 Å². The van der Waals surface area contributed by atoms with E-state index < -0.39 is 0 Å². The second kappa shape index (κ2) is 12.0. The van der Waals surface area contributed by atoms with Crippen LogP contribution in [0.15, 0.2) is 53.6 Å². The van der Waals surface area contributed by atoms with Gasteiger partial charge in [0.1, 0.15) is 0 Å². The summed E-state index contributed by atoms with van der Waals surface area (Å²) in [7, 11) is 3.15. The smallest absolute Gasteiger partial charge is 0.257 e. The second-order valence-electron chi connectivity index (χ2n) is 11.5. The van der Waals surface area contributed by atoms with Crippen molar-refractivity contribution < 1.29 is 28.5 Å². The van der Waals surface area contributed by atoms with Crippen molar-refractivity contribution in [2.24, 2.45) is 4.99 Å². The summed E-state index contributed by atoms with van der Waals surface area (Å²) in [6.45, 7) is 10.9. The number of benzene rings is 2. The first-order valence-corrected chi connectivity index (χ1v) is 14.8. The molecule has 226 valence electrons. The Bertz CT molecular complexity index is 1500. The van der Waals surface area contributed by atoms with Crippen LogP contribution >= 0.6 is 0 Å². The first kappa shape index (κ1) is 28.6. The number of nitrogens with zero attached hydrogens (tertiary/aromatic N) is 3. The molecule has 2 atom stereocenters. The maximum absolute atomic E-state index is 13.2. The van der Waals surface area contributed by atoms with Crippen LogP contribution in [-0.4, -0.2) is 87.0 Å². The normalized spacial score (nSPS) is 20.5. The molecule has 2 fully saturated rings. The van der Waals surface area contributed by atoms with E-state index in [0.717, 1.165) is 48.9 Å². The lowest BCUT2D eigenvalue weighted by Gasteiger charge is -2.21. The first-order valence-electron chi connectivity index (χ1n) is 14.8. The number of hydrogen-bond donors (Lipinski definition) is 1. The van der Waals surface area contributed by atoms with Crippen LogP contribution < -0.4 is 24.3 Å². The van der Waals surface area contributed by atoms with Gasteiger partial charge in [0.25, 0.3) is 11.8 Å². The molecule has 4 aliphatic rings. The first-order chi connectivity index (χ1) is 20.9. The molecule has 0 saturated carbocycles. The number of carbonyl (C=O) groups is 2. The van der Waals surface area contributed by atoms with Gasteiger partial charge >= 0.3 is 0 Å². The quantitative estimate of drug-likeness (QED) is 0.308. The lowest BCUT2D eigenvalue weighted by Crippen LogP contribution is -2.36. The lowest BCUT2D eigenvalue weighted by atomic mass is 10.1. The standard InChI is InChI=1S/C33H38N4O6/c1-20-10-22-16-34-26-14-30(28(40-3)12-24(26)32(38)36(22)18-20)42-8-6-5-7-9-43-31-15-27-25(13-29(31)41-4)33(39)37-19-21(2)11-23(37)17-35-27/h12-16,22-23,35H,1-2,5-11,17-19H2,3-4H3/t22?,23-/m0/s1. The summed E-state index contributed by atoms with van der Waals surface area (Å²) >= 11 is 0. The third kappa shape index (κ3) is 5.66. The number of fused-ring (bicyclic) bond motifs is 4. The van der Waals surface area contributed by atoms with E-state index in [1.165, 1.54) is 0 Å². The van der Waals surface area contributed by atoms with E-state index in [9.17, 15) is 9.59 Å². The van der Waals surface area contributed by atoms with Gasteiger partial charge in [-0.2, -0.15) is 0 Å². The maximum Gasteiger partial charge on any atom is 0.257 e. The highest BCUT2D eigenvalue weighted by molar-refractivity contribution is 6.04. The molecule has 4 heterocycles. The molecule has 2 amide bonds. The molecule has 4 aliphatic heterocycles. The average Bonchev–Trinajstić information content (AvgIpc) is 3.51. The van der Waals surface area contributed by atoms with Crippen LogP contribution in [0.25, 0.3) is 0 Å². The molecule has 2 aromatic rings. The monoisotopic (exact) mass is 586 g/mol. The van der Waals surface area contributed by atoms with Crippen molar-refractivity contribution in [2.75, 3.05) is 52.4 Å². The number of methoxy groups -OCH3 is 2. The minimum absolute atomic E-state index is 0.00960. The van der Waals surface area contributed by atoms with Gasteiger partial charge in [0.2, 0.25) is 0 Å². The minimum atomic E-state index is -0.0684. The van der Waals surface area contributed by atoms with Crippen LogP contribution in [0.4, 0.5) is 11.4 Å². The van der Waals surface area contributed by atoms with E-state index >= 15 is 0 Å². The van der Waals surface area contributed by atoms with Crippen molar-refractivity contribution in [3.05, 3.63) is 59.7 Å². The highest BCUT2D eigenvalue weighted by Crippen LogP contribution is 2.39. The third-order valence-electron chi connectivity index (χ3n) is 8.44. The SMILES string of the molecule is C=C1CC2C=Nc3cc(OCCCCCOc4cc5c(cc4OC)C(=O)N4CC(=C)C[C@H]4CN5)c(OC)cc3C(=O)N2C1. The number of amides is 2. The molecule has 0 spiro atoms. The van der Waals surface area contributed by atoms with Crippen molar-refractivity contribution in [3.63, 3.8) is 0 Å². The molecule has 2 aromatic carbocycles. The Morgan fingerprint density at radius 1 is 0.814 bits per heavy atom. The maximum atomic E-state index is 13.2. The summed E-state index contributed by atoms with van der Waals surface area (Å²) in [6, 6.07) is 7.19. The Labute approximate surface area is 251 Å². The van der Waals surface area contributed by atoms with Crippen molar-refractivity contribution in [3.8, 4) is 23.0 Å². The van der Waals surface area contributed by atoms with Crippen LogP contribution in [0.5, 0.6) is 23.0 Å². The Morgan fingerprint density at radius 3 is 2.16 bits per heavy atom. The topological polar surface area (TPSA) is 102 Å². The molecule has 10 heteroatoms. The molecule has 0 bridgehead atoms. The molecular weight excluding hydrogens is 548 g/mol. The Balaban J connectivity index is 1.01. The van der Waals surface area contributed by atoms with Crippen molar-refractivity contribution >= 4 is 29.4 Å². The van der Waals surface area contributed by atoms with Gasteiger partial charge < -0.3 is 34.1 Å². The summed E-state index contributed by atoms with van der Waals surface area (Å²) in [6.07, 6.45) is 5.89. The molecule has 1 unspecified atom stereocenters. The summed E-state index contributed by atoms with van der Waals surface area (Å²) in [5, 5.41) is 3.42. The van der Waals surface area contributed by atoms with Gasteiger partial charge in [-0.25, -0.2) is 0 Å². The molecule has 0 aliphatic carbocycles. The van der Waals surface area contributed by atoms with Crippen LogP contribution in [0.3, 0.4) is 0 Å². The predicted molar refractivity (Wildman–Crippen MR) is 165 cm³/mol.